The molecule has 1 aromatic carbocycles. The number of nitrogens with zero attached hydrogens (tertiary/aromatic N) is 2. The molecule has 0 bridgehead atoms. The second-order valence-corrected chi connectivity index (χ2v) is 3.49. The molecular formula is C13H9N2O2. The van der Waals surface area contributed by atoms with Crippen molar-refractivity contribution in [1.82, 2.24) is 9.97 Å². The molecule has 0 saturated carbocycles. The lowest BCUT2D eigenvalue weighted by atomic mass is 10.1. The number of benzene rings is 1. The molecule has 0 aliphatic rings. The molecule has 4 nitrogen and oxygen atoms in total. The van der Waals surface area contributed by atoms with Crippen molar-refractivity contribution in [3.8, 4) is 17.3 Å². The summed E-state index contributed by atoms with van der Waals surface area (Å²) in [6.45, 7) is 0. The molecule has 0 N–H and O–H groups in total. The van der Waals surface area contributed by atoms with Crippen molar-refractivity contribution in [2.75, 3.05) is 7.11 Å². The van der Waals surface area contributed by atoms with E-state index in [0.29, 0.717) is 11.8 Å². The number of methoxy groups -OCH3 is 1. The zero-order valence-electron chi connectivity index (χ0n) is 9.18. The molecule has 0 amide bonds. The molecule has 0 unspecified atom stereocenters. The van der Waals surface area contributed by atoms with E-state index in [0.717, 1.165) is 16.3 Å². The van der Waals surface area contributed by atoms with Crippen molar-refractivity contribution >= 4 is 10.8 Å². The first-order valence-corrected chi connectivity index (χ1v) is 5.14. The van der Waals surface area contributed by atoms with Crippen molar-refractivity contribution in [3.05, 3.63) is 42.9 Å². The highest BCUT2D eigenvalue weighted by atomic mass is 16.5. The number of hydrogen-bond donors (Lipinski definition) is 0. The number of fused-ring (bicyclic) bond motifs is 1. The molecule has 0 saturated heterocycles. The third kappa shape index (κ3) is 1.54. The van der Waals surface area contributed by atoms with Gasteiger partial charge in [-0.05, 0) is 0 Å². The van der Waals surface area contributed by atoms with Gasteiger partial charge in [-0.3, -0.25) is 0 Å². The van der Waals surface area contributed by atoms with Gasteiger partial charge >= 0.3 is 0 Å². The van der Waals surface area contributed by atoms with Gasteiger partial charge in [0.25, 0.3) is 0 Å². The van der Waals surface area contributed by atoms with E-state index in [4.69, 9.17) is 9.15 Å². The number of aromatic nitrogens is 2. The normalized spacial score (nSPS) is 10.6. The maximum absolute atomic E-state index is 5.33. The first kappa shape index (κ1) is 9.84. The van der Waals surface area contributed by atoms with Crippen molar-refractivity contribution in [2.45, 2.75) is 0 Å². The van der Waals surface area contributed by atoms with Crippen molar-refractivity contribution in [3.63, 3.8) is 0 Å². The summed E-state index contributed by atoms with van der Waals surface area (Å²) in [7, 11) is 1.57. The lowest BCUT2D eigenvalue weighted by Gasteiger charge is -2.07. The maximum Gasteiger partial charge on any atom is 0.232 e. The fraction of sp³-hybridized carbons (Fsp3) is 0.0769. The van der Waals surface area contributed by atoms with Crippen LogP contribution < -0.4 is 4.74 Å². The SMILES string of the molecule is COc1n[c]c2ccccc2c1-c1ncco1. The lowest BCUT2D eigenvalue weighted by molar-refractivity contribution is 0.398. The lowest BCUT2D eigenvalue weighted by Crippen LogP contribution is -1.93. The summed E-state index contributed by atoms with van der Waals surface area (Å²) in [5.74, 6) is 0.964. The number of hydrogen-bond acceptors (Lipinski definition) is 4. The van der Waals surface area contributed by atoms with Crippen LogP contribution >= 0.6 is 0 Å². The van der Waals surface area contributed by atoms with E-state index >= 15 is 0 Å². The van der Waals surface area contributed by atoms with Gasteiger partial charge in [0.15, 0.2) is 0 Å². The second kappa shape index (κ2) is 3.90. The Hall–Kier alpha value is -2.36. The molecule has 0 aliphatic heterocycles. The third-order valence-corrected chi connectivity index (χ3v) is 2.53. The van der Waals surface area contributed by atoms with E-state index in [1.165, 1.54) is 6.26 Å². The molecule has 2 heterocycles. The van der Waals surface area contributed by atoms with Crippen LogP contribution in [0.2, 0.25) is 0 Å². The van der Waals surface area contributed by atoms with E-state index in [1.54, 1.807) is 13.3 Å². The molecule has 0 aliphatic carbocycles. The summed E-state index contributed by atoms with van der Waals surface area (Å²) >= 11 is 0. The zero-order chi connectivity index (χ0) is 11.7. The van der Waals surface area contributed by atoms with Gasteiger partial charge in [0, 0.05) is 10.8 Å². The quantitative estimate of drug-likeness (QED) is 0.672. The van der Waals surface area contributed by atoms with Gasteiger partial charge < -0.3 is 9.15 Å². The highest BCUT2D eigenvalue weighted by molar-refractivity contribution is 5.96. The molecular weight excluding hydrogens is 216 g/mol. The van der Waals surface area contributed by atoms with Crippen LogP contribution in [-0.4, -0.2) is 17.1 Å². The second-order valence-electron chi connectivity index (χ2n) is 3.49. The van der Waals surface area contributed by atoms with Crippen LogP contribution in [0, 0.1) is 6.20 Å². The Balaban J connectivity index is 2.39. The van der Waals surface area contributed by atoms with Gasteiger partial charge in [-0.25, -0.2) is 9.97 Å². The predicted molar refractivity (Wildman–Crippen MR) is 62.6 cm³/mol. The van der Waals surface area contributed by atoms with E-state index in [2.05, 4.69) is 16.2 Å². The Morgan fingerprint density at radius 2 is 2.18 bits per heavy atom. The topological polar surface area (TPSA) is 48.2 Å². The van der Waals surface area contributed by atoms with Gasteiger partial charge in [-0.15, -0.1) is 0 Å². The summed E-state index contributed by atoms with van der Waals surface area (Å²) in [6.07, 6.45) is 6.05. The Labute approximate surface area is 97.9 Å². The summed E-state index contributed by atoms with van der Waals surface area (Å²) in [5, 5.41) is 1.86. The monoisotopic (exact) mass is 225 g/mol. The van der Waals surface area contributed by atoms with Gasteiger partial charge in [0.2, 0.25) is 11.8 Å². The molecule has 3 aromatic rings. The van der Waals surface area contributed by atoms with E-state index in [-0.39, 0.29) is 0 Å². The van der Waals surface area contributed by atoms with Gasteiger partial charge in [0.05, 0.1) is 13.3 Å². The molecule has 1 radical (unpaired) electrons. The van der Waals surface area contributed by atoms with Crippen molar-refractivity contribution < 1.29 is 9.15 Å². The molecule has 0 spiro atoms. The fourth-order valence-electron chi connectivity index (χ4n) is 1.78. The van der Waals surface area contributed by atoms with Crippen LogP contribution in [0.25, 0.3) is 22.2 Å². The van der Waals surface area contributed by atoms with Crippen molar-refractivity contribution in [1.29, 1.82) is 0 Å². The highest BCUT2D eigenvalue weighted by Crippen LogP contribution is 2.33. The molecule has 4 heteroatoms. The van der Waals surface area contributed by atoms with E-state index in [9.17, 15) is 0 Å². The fourth-order valence-corrected chi connectivity index (χ4v) is 1.78. The number of ether oxygens (including phenoxy) is 1. The van der Waals surface area contributed by atoms with E-state index < -0.39 is 0 Å². The standard InChI is InChI=1S/C13H9N2O2/c1-16-12-11(13-14-6-7-17-13)10-5-3-2-4-9(10)8-15-12/h2-7H,1H3. The van der Waals surface area contributed by atoms with Crippen LogP contribution in [0.4, 0.5) is 0 Å². The number of oxazole rings is 1. The van der Waals surface area contributed by atoms with Crippen LogP contribution in [0.3, 0.4) is 0 Å². The minimum absolute atomic E-state index is 0.464. The Kier molecular flexibility index (Phi) is 2.26. The van der Waals surface area contributed by atoms with Gasteiger partial charge in [-0.2, -0.15) is 0 Å². The first-order valence-electron chi connectivity index (χ1n) is 5.14. The Bertz CT molecular complexity index is 648. The van der Waals surface area contributed by atoms with Crippen molar-refractivity contribution in [2.24, 2.45) is 0 Å². The minimum Gasteiger partial charge on any atom is -0.480 e. The average Bonchev–Trinajstić information content (AvgIpc) is 2.91. The Morgan fingerprint density at radius 3 is 2.94 bits per heavy atom. The summed E-state index contributed by atoms with van der Waals surface area (Å²) < 4.78 is 10.6. The zero-order valence-corrected chi connectivity index (χ0v) is 9.18. The van der Waals surface area contributed by atoms with Crippen LogP contribution in [0.1, 0.15) is 0 Å². The maximum atomic E-state index is 5.33. The van der Waals surface area contributed by atoms with Gasteiger partial charge in [-0.1, -0.05) is 24.3 Å². The number of rotatable bonds is 2. The van der Waals surface area contributed by atoms with Crippen LogP contribution in [0.15, 0.2) is 41.1 Å². The highest BCUT2D eigenvalue weighted by Gasteiger charge is 2.15. The minimum atomic E-state index is 0.464. The average molecular weight is 225 g/mol. The van der Waals surface area contributed by atoms with Crippen LogP contribution in [-0.2, 0) is 0 Å². The molecule has 2 aromatic heterocycles. The van der Waals surface area contributed by atoms with Gasteiger partial charge in [0.1, 0.15) is 18.0 Å². The summed E-state index contributed by atoms with van der Waals surface area (Å²) in [5.41, 5.74) is 0.756. The molecule has 0 fully saturated rings. The largest absolute Gasteiger partial charge is 0.480 e. The first-order chi connectivity index (χ1) is 8.40. The number of pyridine rings is 1. The molecule has 0 atom stereocenters. The van der Waals surface area contributed by atoms with Crippen LogP contribution in [0.5, 0.6) is 5.88 Å². The summed E-state index contributed by atoms with van der Waals surface area (Å²) in [4.78, 5) is 8.28. The Morgan fingerprint density at radius 1 is 1.29 bits per heavy atom. The van der Waals surface area contributed by atoms with E-state index in [1.807, 2.05) is 24.3 Å². The molecule has 17 heavy (non-hydrogen) atoms. The molecule has 83 valence electrons. The summed E-state index contributed by atoms with van der Waals surface area (Å²) in [6, 6.07) is 7.79. The molecule has 3 rings (SSSR count). The smallest absolute Gasteiger partial charge is 0.232 e. The third-order valence-electron chi connectivity index (χ3n) is 2.53. The predicted octanol–water partition coefficient (Wildman–Crippen LogP) is 2.70.